The lowest BCUT2D eigenvalue weighted by Crippen LogP contribution is -2.12. The molecule has 1 aromatic rings. The summed E-state index contributed by atoms with van der Waals surface area (Å²) in [5.74, 6) is -0.515. The highest BCUT2D eigenvalue weighted by molar-refractivity contribution is 7.89. The van der Waals surface area contributed by atoms with Gasteiger partial charge in [0.1, 0.15) is 5.82 Å². The fraction of sp³-hybridized carbons (Fsp3) is 0.250. The maximum atomic E-state index is 13.0. The summed E-state index contributed by atoms with van der Waals surface area (Å²) in [6.45, 7) is 0.00912. The molecule has 0 saturated heterocycles. The van der Waals surface area contributed by atoms with Crippen LogP contribution in [-0.4, -0.2) is 15.5 Å². The minimum atomic E-state index is -3.78. The summed E-state index contributed by atoms with van der Waals surface area (Å²) in [6.07, 6.45) is 0. The number of hydrogen-bond donors (Lipinski definition) is 1. The van der Waals surface area contributed by atoms with Crippen LogP contribution in [0, 0.1) is 5.82 Å². The van der Waals surface area contributed by atoms with Crippen molar-refractivity contribution < 1.29 is 17.5 Å². The first-order valence-electron chi connectivity index (χ1n) is 3.75. The molecule has 1 rings (SSSR count). The number of methoxy groups -OCH3 is 1. The lowest BCUT2D eigenvalue weighted by Gasteiger charge is -2.04. The zero-order chi connectivity index (χ0) is 10.8. The summed E-state index contributed by atoms with van der Waals surface area (Å²) in [5, 5.41) is 4.88. The van der Waals surface area contributed by atoms with Crippen molar-refractivity contribution in [1.29, 1.82) is 0 Å². The van der Waals surface area contributed by atoms with Crippen LogP contribution >= 0.6 is 0 Å². The van der Waals surface area contributed by atoms with E-state index in [4.69, 9.17) is 9.88 Å². The van der Waals surface area contributed by atoms with Gasteiger partial charge in [0, 0.05) is 12.7 Å². The molecule has 0 unspecified atom stereocenters. The Bertz CT molecular complexity index is 430. The van der Waals surface area contributed by atoms with Crippen LogP contribution < -0.4 is 5.14 Å². The zero-order valence-corrected chi connectivity index (χ0v) is 8.34. The molecule has 0 fully saturated rings. The van der Waals surface area contributed by atoms with Gasteiger partial charge in [0.15, 0.2) is 0 Å². The van der Waals surface area contributed by atoms with Gasteiger partial charge in [-0.2, -0.15) is 0 Å². The van der Waals surface area contributed by atoms with Crippen molar-refractivity contribution in [2.45, 2.75) is 11.5 Å². The molecule has 0 aliphatic carbocycles. The van der Waals surface area contributed by atoms with Gasteiger partial charge < -0.3 is 4.74 Å². The van der Waals surface area contributed by atoms with E-state index in [2.05, 4.69) is 0 Å². The monoisotopic (exact) mass is 219 g/mol. The number of benzene rings is 1. The Balaban J connectivity index is 3.20. The topological polar surface area (TPSA) is 69.4 Å². The molecule has 4 nitrogen and oxygen atoms in total. The van der Waals surface area contributed by atoms with Gasteiger partial charge in [0.2, 0.25) is 10.0 Å². The van der Waals surface area contributed by atoms with E-state index in [-0.39, 0.29) is 17.1 Å². The van der Waals surface area contributed by atoms with E-state index in [0.29, 0.717) is 0 Å². The summed E-state index contributed by atoms with van der Waals surface area (Å²) in [5.41, 5.74) is 0.166. The van der Waals surface area contributed by atoms with Crippen LogP contribution in [0.4, 0.5) is 4.39 Å². The van der Waals surface area contributed by atoms with Gasteiger partial charge in [0.05, 0.1) is 11.5 Å². The Morgan fingerprint density at radius 3 is 2.64 bits per heavy atom. The first-order chi connectivity index (χ1) is 6.45. The highest BCUT2D eigenvalue weighted by Gasteiger charge is 2.10. The van der Waals surface area contributed by atoms with Crippen molar-refractivity contribution in [1.82, 2.24) is 0 Å². The lowest BCUT2D eigenvalue weighted by molar-refractivity contribution is 0.181. The normalized spacial score (nSPS) is 11.6. The molecule has 0 aromatic heterocycles. The molecule has 2 N–H and O–H groups in total. The first-order valence-corrected chi connectivity index (χ1v) is 5.30. The number of primary sulfonamides is 1. The molecule has 14 heavy (non-hydrogen) atoms. The molecule has 0 aliphatic heterocycles. The third kappa shape index (κ3) is 2.50. The number of rotatable bonds is 3. The highest BCUT2D eigenvalue weighted by Crippen LogP contribution is 2.14. The molecule has 6 heteroatoms. The van der Waals surface area contributed by atoms with Gasteiger partial charge >= 0.3 is 0 Å². The summed E-state index contributed by atoms with van der Waals surface area (Å²) >= 11 is 0. The smallest absolute Gasteiger partial charge is 0.238 e. The third-order valence-corrected chi connectivity index (χ3v) is 2.56. The van der Waals surface area contributed by atoms with Gasteiger partial charge in [-0.3, -0.25) is 0 Å². The second-order valence-electron chi connectivity index (χ2n) is 2.73. The Kier molecular flexibility index (Phi) is 3.20. The van der Waals surface area contributed by atoms with Gasteiger partial charge in [-0.15, -0.1) is 0 Å². The summed E-state index contributed by atoms with van der Waals surface area (Å²) in [7, 11) is -2.39. The fourth-order valence-corrected chi connectivity index (χ4v) is 1.56. The molecule has 1 aromatic carbocycles. The van der Waals surface area contributed by atoms with Crippen LogP contribution in [0.25, 0.3) is 0 Å². The van der Waals surface area contributed by atoms with Crippen LogP contribution in [0.1, 0.15) is 5.56 Å². The number of halogens is 1. The van der Waals surface area contributed by atoms with Crippen LogP contribution in [0.2, 0.25) is 0 Å². The van der Waals surface area contributed by atoms with Crippen molar-refractivity contribution in [3.63, 3.8) is 0 Å². The molecule has 0 spiro atoms. The van der Waals surface area contributed by atoms with Crippen molar-refractivity contribution >= 4 is 10.0 Å². The predicted molar refractivity (Wildman–Crippen MR) is 48.5 cm³/mol. The molecule has 0 amide bonds. The van der Waals surface area contributed by atoms with Gasteiger partial charge in [0.25, 0.3) is 0 Å². The zero-order valence-electron chi connectivity index (χ0n) is 7.53. The first kappa shape index (κ1) is 11.1. The molecular weight excluding hydrogens is 209 g/mol. The highest BCUT2D eigenvalue weighted by atomic mass is 32.2. The van der Waals surface area contributed by atoms with E-state index in [9.17, 15) is 12.8 Å². The van der Waals surface area contributed by atoms with Gasteiger partial charge in [-0.05, 0) is 18.2 Å². The van der Waals surface area contributed by atoms with E-state index < -0.39 is 15.8 Å². The van der Waals surface area contributed by atoms with E-state index in [0.717, 1.165) is 18.2 Å². The minimum Gasteiger partial charge on any atom is -0.380 e. The number of nitrogens with two attached hydrogens (primary N) is 1. The van der Waals surface area contributed by atoms with Crippen molar-refractivity contribution in [2.24, 2.45) is 5.14 Å². The number of sulfonamides is 1. The van der Waals surface area contributed by atoms with Crippen LogP contribution in [-0.2, 0) is 21.4 Å². The van der Waals surface area contributed by atoms with E-state index in [1.165, 1.54) is 7.11 Å². The quantitative estimate of drug-likeness (QED) is 0.810. The Morgan fingerprint density at radius 1 is 1.50 bits per heavy atom. The Labute approximate surface area is 81.5 Å². The molecule has 0 saturated carbocycles. The molecule has 0 atom stereocenters. The lowest BCUT2D eigenvalue weighted by atomic mass is 10.2. The van der Waals surface area contributed by atoms with Crippen LogP contribution in [0.15, 0.2) is 23.1 Å². The van der Waals surface area contributed by atoms with Crippen molar-refractivity contribution in [3.8, 4) is 0 Å². The molecular formula is C8H10FNO3S. The van der Waals surface area contributed by atoms with Gasteiger partial charge in [-0.1, -0.05) is 0 Å². The van der Waals surface area contributed by atoms with Crippen LogP contribution in [0.5, 0.6) is 0 Å². The number of ether oxygens (including phenoxy) is 1. The standard InChI is InChI=1S/C8H10FNO3S/c1-13-5-6-4-7(14(10,11)12)2-3-8(6)9/h2-4H,5H2,1H3,(H2,10,11,12). The Hall–Kier alpha value is -0.980. The third-order valence-electron chi connectivity index (χ3n) is 1.65. The average Bonchev–Trinajstić information content (AvgIpc) is 2.07. The van der Waals surface area contributed by atoms with E-state index in [1.54, 1.807) is 0 Å². The van der Waals surface area contributed by atoms with Crippen molar-refractivity contribution in [3.05, 3.63) is 29.6 Å². The minimum absolute atomic E-state index is 0.00912. The van der Waals surface area contributed by atoms with E-state index >= 15 is 0 Å². The maximum absolute atomic E-state index is 13.0. The average molecular weight is 219 g/mol. The second kappa shape index (κ2) is 4.04. The molecule has 0 aliphatic rings. The maximum Gasteiger partial charge on any atom is 0.238 e. The summed E-state index contributed by atoms with van der Waals surface area (Å²) in [4.78, 5) is -0.119. The summed E-state index contributed by atoms with van der Waals surface area (Å²) in [6, 6.07) is 3.33. The molecule has 0 radical (unpaired) electrons. The molecule has 0 bridgehead atoms. The fourth-order valence-electron chi connectivity index (χ4n) is 0.994. The second-order valence-corrected chi connectivity index (χ2v) is 4.29. The predicted octanol–water partition coefficient (Wildman–Crippen LogP) is 0.620. The van der Waals surface area contributed by atoms with Crippen molar-refractivity contribution in [2.75, 3.05) is 7.11 Å². The van der Waals surface area contributed by atoms with Gasteiger partial charge in [-0.25, -0.2) is 17.9 Å². The number of hydrogen-bond acceptors (Lipinski definition) is 3. The summed E-state index contributed by atoms with van der Waals surface area (Å²) < 4.78 is 39.6. The molecule has 0 heterocycles. The Morgan fingerprint density at radius 2 is 2.14 bits per heavy atom. The SMILES string of the molecule is COCc1cc(S(N)(=O)=O)ccc1F. The molecule has 78 valence electrons. The van der Waals surface area contributed by atoms with Crippen LogP contribution in [0.3, 0.4) is 0 Å². The van der Waals surface area contributed by atoms with E-state index in [1.807, 2.05) is 0 Å². The largest absolute Gasteiger partial charge is 0.380 e.